The van der Waals surface area contributed by atoms with Gasteiger partial charge < -0.3 is 15.5 Å². The third-order valence-electron chi connectivity index (χ3n) is 5.37. The molecule has 6 nitrogen and oxygen atoms in total. The maximum Gasteiger partial charge on any atom is 0.133 e. The molecule has 0 radical (unpaired) electrons. The Kier molecular flexibility index (Phi) is 6.19. The predicted molar refractivity (Wildman–Crippen MR) is 104 cm³/mol. The smallest absolute Gasteiger partial charge is 0.133 e. The first kappa shape index (κ1) is 19.9. The van der Waals surface area contributed by atoms with Gasteiger partial charge in [0.25, 0.3) is 0 Å². The highest BCUT2D eigenvalue weighted by Gasteiger charge is 2.42. The largest absolute Gasteiger partial charge is 0.396 e. The lowest BCUT2D eigenvalue weighted by Crippen LogP contribution is -2.36. The van der Waals surface area contributed by atoms with Crippen LogP contribution in [0.1, 0.15) is 44.4 Å². The first-order valence-corrected chi connectivity index (χ1v) is 9.63. The van der Waals surface area contributed by atoms with Crippen LogP contribution in [0.25, 0.3) is 0 Å². The molecule has 6 heteroatoms. The topological polar surface area (TPSA) is 91.2 Å². The lowest BCUT2D eigenvalue weighted by Gasteiger charge is -2.25. The van der Waals surface area contributed by atoms with Gasteiger partial charge in [-0.2, -0.15) is 0 Å². The summed E-state index contributed by atoms with van der Waals surface area (Å²) in [5, 5.41) is 23.8. The Hall–Kier alpha value is -1.89. The highest BCUT2D eigenvalue weighted by Crippen LogP contribution is 2.35. The van der Waals surface area contributed by atoms with Gasteiger partial charge in [-0.15, -0.1) is 0 Å². The zero-order valence-electron chi connectivity index (χ0n) is 16.3. The maximum absolute atomic E-state index is 10.4. The SMILES string of the molecule is CC(C)(C)c1nccc(CC2C(NCc3ccccn3)CC(O)C2CO)n1. The predicted octanol–water partition coefficient (Wildman–Crippen LogP) is 1.86. The molecule has 0 aliphatic heterocycles. The molecule has 3 N–H and O–H groups in total. The molecule has 0 amide bonds. The van der Waals surface area contributed by atoms with Crippen LogP contribution in [-0.2, 0) is 18.4 Å². The van der Waals surface area contributed by atoms with Crippen LogP contribution in [-0.4, -0.2) is 43.9 Å². The Morgan fingerprint density at radius 2 is 1.89 bits per heavy atom. The van der Waals surface area contributed by atoms with E-state index in [0.29, 0.717) is 19.4 Å². The Labute approximate surface area is 161 Å². The zero-order chi connectivity index (χ0) is 19.4. The van der Waals surface area contributed by atoms with E-state index in [4.69, 9.17) is 4.98 Å². The van der Waals surface area contributed by atoms with Crippen molar-refractivity contribution in [3.63, 3.8) is 0 Å². The van der Waals surface area contributed by atoms with E-state index in [1.54, 1.807) is 12.4 Å². The molecular formula is C21H30N4O2. The first-order valence-electron chi connectivity index (χ1n) is 9.63. The summed E-state index contributed by atoms with van der Waals surface area (Å²) >= 11 is 0. The lowest BCUT2D eigenvalue weighted by molar-refractivity contribution is 0.0715. The van der Waals surface area contributed by atoms with E-state index in [2.05, 4.69) is 36.1 Å². The van der Waals surface area contributed by atoms with Gasteiger partial charge in [-0.05, 0) is 37.0 Å². The highest BCUT2D eigenvalue weighted by atomic mass is 16.3. The molecule has 2 aromatic heterocycles. The van der Waals surface area contributed by atoms with Crippen molar-refractivity contribution in [2.45, 2.75) is 57.7 Å². The van der Waals surface area contributed by atoms with Crippen molar-refractivity contribution in [2.24, 2.45) is 11.8 Å². The average Bonchev–Trinajstić information content (AvgIpc) is 2.95. The number of rotatable bonds is 6. The van der Waals surface area contributed by atoms with Gasteiger partial charge in [0.05, 0.1) is 11.8 Å². The van der Waals surface area contributed by atoms with E-state index in [9.17, 15) is 10.2 Å². The molecule has 0 aromatic carbocycles. The van der Waals surface area contributed by atoms with Crippen molar-refractivity contribution in [2.75, 3.05) is 6.61 Å². The van der Waals surface area contributed by atoms with Gasteiger partial charge in [0.2, 0.25) is 0 Å². The molecule has 1 aliphatic carbocycles. The number of nitrogens with one attached hydrogen (secondary N) is 1. The van der Waals surface area contributed by atoms with Crippen LogP contribution in [0.5, 0.6) is 0 Å². The zero-order valence-corrected chi connectivity index (χ0v) is 16.3. The van der Waals surface area contributed by atoms with Gasteiger partial charge >= 0.3 is 0 Å². The fourth-order valence-corrected chi connectivity index (χ4v) is 3.83. The molecule has 146 valence electrons. The molecule has 0 spiro atoms. The summed E-state index contributed by atoms with van der Waals surface area (Å²) in [6.45, 7) is 6.91. The number of hydrogen-bond donors (Lipinski definition) is 3. The lowest BCUT2D eigenvalue weighted by atomic mass is 9.88. The molecule has 1 aliphatic rings. The normalized spacial score (nSPS) is 25.7. The van der Waals surface area contributed by atoms with Crippen molar-refractivity contribution < 1.29 is 10.2 Å². The second-order valence-corrected chi connectivity index (χ2v) is 8.45. The number of aromatic nitrogens is 3. The van der Waals surface area contributed by atoms with Crippen molar-refractivity contribution in [3.8, 4) is 0 Å². The molecule has 3 rings (SSSR count). The summed E-state index contributed by atoms with van der Waals surface area (Å²) < 4.78 is 0. The van der Waals surface area contributed by atoms with Crippen LogP contribution in [0.2, 0.25) is 0 Å². The van der Waals surface area contributed by atoms with E-state index < -0.39 is 6.10 Å². The Morgan fingerprint density at radius 1 is 1.07 bits per heavy atom. The first-order chi connectivity index (χ1) is 12.9. The number of nitrogens with zero attached hydrogens (tertiary/aromatic N) is 3. The molecule has 0 bridgehead atoms. The fourth-order valence-electron chi connectivity index (χ4n) is 3.83. The van der Waals surface area contributed by atoms with Crippen LogP contribution in [0.15, 0.2) is 36.7 Å². The van der Waals surface area contributed by atoms with Crippen LogP contribution < -0.4 is 5.32 Å². The summed E-state index contributed by atoms with van der Waals surface area (Å²) in [7, 11) is 0. The van der Waals surface area contributed by atoms with Gasteiger partial charge in [-0.25, -0.2) is 9.97 Å². The van der Waals surface area contributed by atoms with E-state index >= 15 is 0 Å². The molecule has 2 aromatic rings. The molecular weight excluding hydrogens is 340 g/mol. The number of aliphatic hydroxyl groups excluding tert-OH is 2. The minimum absolute atomic E-state index is 0.0230. The summed E-state index contributed by atoms with van der Waals surface area (Å²) in [4.78, 5) is 13.5. The van der Waals surface area contributed by atoms with Crippen LogP contribution >= 0.6 is 0 Å². The van der Waals surface area contributed by atoms with Crippen LogP contribution in [0, 0.1) is 11.8 Å². The maximum atomic E-state index is 10.4. The third-order valence-corrected chi connectivity index (χ3v) is 5.37. The standard InChI is InChI=1S/C21H30N4O2/c1-21(2,3)20-23-9-7-14(25-20)10-16-17(13-26)19(27)11-18(16)24-12-15-6-4-5-8-22-15/h4-9,16-19,24,26-27H,10-13H2,1-3H3. The molecule has 0 saturated heterocycles. The molecule has 4 atom stereocenters. The Morgan fingerprint density at radius 3 is 2.56 bits per heavy atom. The number of aliphatic hydroxyl groups is 2. The highest BCUT2D eigenvalue weighted by molar-refractivity contribution is 5.11. The van der Waals surface area contributed by atoms with Crippen LogP contribution in [0.4, 0.5) is 0 Å². The summed E-state index contributed by atoms with van der Waals surface area (Å²) in [5.41, 5.74) is 1.81. The molecule has 4 unspecified atom stereocenters. The van der Waals surface area contributed by atoms with Gasteiger partial charge in [-0.3, -0.25) is 4.98 Å². The van der Waals surface area contributed by atoms with Gasteiger partial charge in [-0.1, -0.05) is 26.8 Å². The average molecular weight is 370 g/mol. The van der Waals surface area contributed by atoms with Gasteiger partial charge in [0, 0.05) is 48.6 Å². The van der Waals surface area contributed by atoms with Crippen molar-refractivity contribution in [1.82, 2.24) is 20.3 Å². The quantitative estimate of drug-likeness (QED) is 0.719. The Balaban J connectivity index is 1.75. The van der Waals surface area contributed by atoms with E-state index in [-0.39, 0.29) is 29.9 Å². The van der Waals surface area contributed by atoms with Crippen molar-refractivity contribution >= 4 is 0 Å². The second kappa shape index (κ2) is 8.42. The van der Waals surface area contributed by atoms with Gasteiger partial charge in [0.15, 0.2) is 0 Å². The van der Waals surface area contributed by atoms with Crippen LogP contribution in [0.3, 0.4) is 0 Å². The Bertz CT molecular complexity index is 732. The van der Waals surface area contributed by atoms with E-state index in [1.807, 2.05) is 24.3 Å². The summed E-state index contributed by atoms with van der Waals surface area (Å²) in [6.07, 6.45) is 4.40. The third kappa shape index (κ3) is 4.89. The molecule has 2 heterocycles. The van der Waals surface area contributed by atoms with Gasteiger partial charge in [0.1, 0.15) is 5.82 Å². The second-order valence-electron chi connectivity index (χ2n) is 8.45. The summed E-state index contributed by atoms with van der Waals surface area (Å²) in [6, 6.07) is 7.89. The monoisotopic (exact) mass is 370 g/mol. The number of hydrogen-bond acceptors (Lipinski definition) is 6. The van der Waals surface area contributed by atoms with Crippen molar-refractivity contribution in [1.29, 1.82) is 0 Å². The molecule has 1 saturated carbocycles. The molecule has 1 fully saturated rings. The van der Waals surface area contributed by atoms with E-state index in [0.717, 1.165) is 17.2 Å². The minimum Gasteiger partial charge on any atom is -0.396 e. The number of pyridine rings is 1. The summed E-state index contributed by atoms with van der Waals surface area (Å²) in [5.74, 6) is 0.771. The van der Waals surface area contributed by atoms with Crippen molar-refractivity contribution in [3.05, 3.63) is 53.9 Å². The fraction of sp³-hybridized carbons (Fsp3) is 0.571. The minimum atomic E-state index is -0.509. The molecule has 27 heavy (non-hydrogen) atoms. The van der Waals surface area contributed by atoms with E-state index in [1.165, 1.54) is 0 Å².